The van der Waals surface area contributed by atoms with Crippen molar-refractivity contribution in [3.8, 4) is 11.8 Å². The van der Waals surface area contributed by atoms with Gasteiger partial charge in [0, 0.05) is 18.5 Å². The smallest absolute Gasteiger partial charge is 0.420 e. The lowest BCUT2D eigenvalue weighted by Crippen LogP contribution is -2.24. The Morgan fingerprint density at radius 3 is 2.50 bits per heavy atom. The number of carbonyl (C=O) groups is 1. The summed E-state index contributed by atoms with van der Waals surface area (Å²) in [5, 5.41) is 2.44. The van der Waals surface area contributed by atoms with Crippen LogP contribution in [0.2, 0.25) is 0 Å². The highest BCUT2D eigenvalue weighted by atomic mass is 19.4. The van der Waals surface area contributed by atoms with E-state index in [4.69, 9.17) is 4.74 Å². The number of carbonyl (C=O) groups excluding carboxylic acids is 1. The van der Waals surface area contributed by atoms with Crippen LogP contribution >= 0.6 is 0 Å². The maximum absolute atomic E-state index is 13.4. The first kappa shape index (κ1) is 19.3. The molecule has 0 fully saturated rings. The zero-order valence-electron chi connectivity index (χ0n) is 13.6. The highest BCUT2D eigenvalue weighted by Gasteiger charge is 2.36. The van der Waals surface area contributed by atoms with Crippen LogP contribution in [-0.4, -0.2) is 12.6 Å². The van der Waals surface area contributed by atoms with E-state index in [1.807, 2.05) is 18.2 Å². The number of benzene rings is 2. The predicted octanol–water partition coefficient (Wildman–Crippen LogP) is 4.51. The third-order valence-corrected chi connectivity index (χ3v) is 3.25. The molecule has 1 amide bonds. The molecular weight excluding hydrogens is 350 g/mol. The molecule has 2 aromatic rings. The van der Waals surface area contributed by atoms with Crippen LogP contribution in [0.4, 0.5) is 22.4 Å². The van der Waals surface area contributed by atoms with Crippen molar-refractivity contribution < 1.29 is 27.1 Å². The Balaban J connectivity index is 1.82. The molecule has 3 nitrogen and oxygen atoms in total. The van der Waals surface area contributed by atoms with Crippen LogP contribution < -0.4 is 5.32 Å². The maximum Gasteiger partial charge on any atom is 0.420 e. The topological polar surface area (TPSA) is 38.3 Å². The Kier molecular flexibility index (Phi) is 6.61. The summed E-state index contributed by atoms with van der Waals surface area (Å²) in [5.74, 6) is 3.41. The first-order chi connectivity index (χ1) is 12.4. The SMILES string of the molecule is O=C(NCCC#Cc1cccc(F)c1C(F)(F)F)OCc1ccccc1. The maximum atomic E-state index is 13.4. The number of halogens is 4. The molecule has 1 N–H and O–H groups in total. The van der Waals surface area contributed by atoms with E-state index in [9.17, 15) is 22.4 Å². The van der Waals surface area contributed by atoms with E-state index in [1.165, 1.54) is 0 Å². The lowest BCUT2D eigenvalue weighted by molar-refractivity contribution is -0.140. The summed E-state index contributed by atoms with van der Waals surface area (Å²) in [6.07, 6.45) is -5.39. The van der Waals surface area contributed by atoms with E-state index in [0.717, 1.165) is 23.8 Å². The molecule has 0 aliphatic heterocycles. The van der Waals surface area contributed by atoms with Gasteiger partial charge in [-0.25, -0.2) is 9.18 Å². The number of alkyl carbamates (subject to hydrolysis) is 1. The van der Waals surface area contributed by atoms with E-state index in [1.54, 1.807) is 12.1 Å². The molecule has 0 unspecified atom stereocenters. The van der Waals surface area contributed by atoms with Crippen LogP contribution in [0.25, 0.3) is 0 Å². The largest absolute Gasteiger partial charge is 0.445 e. The summed E-state index contributed by atoms with van der Waals surface area (Å²) in [6.45, 7) is 0.202. The molecule has 2 rings (SSSR count). The first-order valence-electron chi connectivity index (χ1n) is 7.67. The van der Waals surface area contributed by atoms with Gasteiger partial charge in [0.2, 0.25) is 0 Å². The van der Waals surface area contributed by atoms with Crippen molar-refractivity contribution in [2.45, 2.75) is 19.2 Å². The summed E-state index contributed by atoms with van der Waals surface area (Å²) in [4.78, 5) is 11.5. The van der Waals surface area contributed by atoms with Crippen molar-refractivity contribution in [1.29, 1.82) is 0 Å². The molecule has 0 bridgehead atoms. The Hall–Kier alpha value is -3.01. The third kappa shape index (κ3) is 5.81. The number of hydrogen-bond acceptors (Lipinski definition) is 2. The zero-order chi connectivity index (χ0) is 19.0. The molecule has 0 aliphatic carbocycles. The minimum absolute atomic E-state index is 0.0915. The number of hydrogen-bond donors (Lipinski definition) is 1. The van der Waals surface area contributed by atoms with Gasteiger partial charge in [0.25, 0.3) is 0 Å². The van der Waals surface area contributed by atoms with Crippen LogP contribution in [0.15, 0.2) is 48.5 Å². The second-order valence-corrected chi connectivity index (χ2v) is 5.20. The highest BCUT2D eigenvalue weighted by molar-refractivity contribution is 5.67. The molecule has 0 aliphatic rings. The minimum Gasteiger partial charge on any atom is -0.445 e. The van der Waals surface area contributed by atoms with Gasteiger partial charge in [0.15, 0.2) is 0 Å². The lowest BCUT2D eigenvalue weighted by atomic mass is 10.1. The minimum atomic E-state index is -4.82. The van der Waals surface area contributed by atoms with E-state index in [2.05, 4.69) is 17.2 Å². The van der Waals surface area contributed by atoms with E-state index >= 15 is 0 Å². The molecule has 0 aromatic heterocycles. The van der Waals surface area contributed by atoms with Gasteiger partial charge < -0.3 is 10.1 Å². The van der Waals surface area contributed by atoms with Gasteiger partial charge in [0.05, 0.1) is 0 Å². The summed E-state index contributed by atoms with van der Waals surface area (Å²) < 4.78 is 56.9. The van der Waals surface area contributed by atoms with Gasteiger partial charge in [-0.05, 0) is 17.7 Å². The van der Waals surface area contributed by atoms with Crippen molar-refractivity contribution in [3.05, 3.63) is 71.0 Å². The van der Waals surface area contributed by atoms with Gasteiger partial charge in [-0.15, -0.1) is 0 Å². The molecule has 26 heavy (non-hydrogen) atoms. The quantitative estimate of drug-likeness (QED) is 0.492. The van der Waals surface area contributed by atoms with Gasteiger partial charge in [-0.1, -0.05) is 48.2 Å². The number of ether oxygens (including phenoxy) is 1. The van der Waals surface area contributed by atoms with Crippen molar-refractivity contribution >= 4 is 6.09 Å². The zero-order valence-corrected chi connectivity index (χ0v) is 13.6. The molecule has 136 valence electrons. The normalized spacial score (nSPS) is 10.6. The van der Waals surface area contributed by atoms with Crippen molar-refractivity contribution in [3.63, 3.8) is 0 Å². The molecule has 0 saturated heterocycles. The van der Waals surface area contributed by atoms with Gasteiger partial charge in [-0.3, -0.25) is 0 Å². The molecule has 0 saturated carbocycles. The van der Waals surface area contributed by atoms with Gasteiger partial charge in [-0.2, -0.15) is 13.2 Å². The summed E-state index contributed by atoms with van der Waals surface area (Å²) in [6, 6.07) is 12.1. The fourth-order valence-electron chi connectivity index (χ4n) is 2.08. The van der Waals surface area contributed by atoms with Gasteiger partial charge >= 0.3 is 12.3 Å². The fourth-order valence-corrected chi connectivity index (χ4v) is 2.08. The number of alkyl halides is 3. The molecule has 0 atom stereocenters. The Labute approximate surface area is 148 Å². The van der Waals surface area contributed by atoms with Crippen LogP contribution in [0.5, 0.6) is 0 Å². The van der Waals surface area contributed by atoms with Crippen LogP contribution in [0.1, 0.15) is 23.1 Å². The highest BCUT2D eigenvalue weighted by Crippen LogP contribution is 2.33. The second kappa shape index (κ2) is 8.90. The Morgan fingerprint density at radius 2 is 1.81 bits per heavy atom. The fraction of sp³-hybridized carbons (Fsp3) is 0.211. The van der Waals surface area contributed by atoms with Crippen LogP contribution in [-0.2, 0) is 17.5 Å². The molecule has 0 heterocycles. The first-order valence-corrected chi connectivity index (χ1v) is 7.67. The van der Waals surface area contributed by atoms with E-state index < -0.39 is 29.2 Å². The monoisotopic (exact) mass is 365 g/mol. The standard InChI is InChI=1S/C19H15F4NO2/c20-16-11-6-10-15(17(16)19(21,22)23)9-4-5-12-24-18(25)26-13-14-7-2-1-3-8-14/h1-3,6-8,10-11H,5,12-13H2,(H,24,25). The van der Waals surface area contributed by atoms with E-state index in [-0.39, 0.29) is 19.6 Å². The number of amides is 1. The summed E-state index contributed by atoms with van der Waals surface area (Å²) in [5.41, 5.74) is -1.000. The second-order valence-electron chi connectivity index (χ2n) is 5.20. The van der Waals surface area contributed by atoms with Gasteiger partial charge in [0.1, 0.15) is 18.0 Å². The Morgan fingerprint density at radius 1 is 1.08 bits per heavy atom. The van der Waals surface area contributed by atoms with Crippen molar-refractivity contribution in [2.24, 2.45) is 0 Å². The number of rotatable bonds is 4. The summed E-state index contributed by atoms with van der Waals surface area (Å²) in [7, 11) is 0. The average Bonchev–Trinajstić information content (AvgIpc) is 2.59. The Bertz CT molecular complexity index is 808. The van der Waals surface area contributed by atoms with Crippen molar-refractivity contribution in [2.75, 3.05) is 6.54 Å². The van der Waals surface area contributed by atoms with E-state index in [0.29, 0.717) is 0 Å². The van der Waals surface area contributed by atoms with Crippen molar-refractivity contribution in [1.82, 2.24) is 5.32 Å². The predicted molar refractivity (Wildman–Crippen MR) is 87.5 cm³/mol. The molecular formula is C19H15F4NO2. The molecule has 7 heteroatoms. The molecule has 0 spiro atoms. The third-order valence-electron chi connectivity index (χ3n) is 3.25. The summed E-state index contributed by atoms with van der Waals surface area (Å²) >= 11 is 0. The molecule has 0 radical (unpaired) electrons. The number of nitrogens with one attached hydrogen (secondary N) is 1. The van der Waals surface area contributed by atoms with Crippen LogP contribution in [0.3, 0.4) is 0 Å². The molecule has 2 aromatic carbocycles. The average molecular weight is 365 g/mol. The lowest BCUT2D eigenvalue weighted by Gasteiger charge is -2.09. The van der Waals surface area contributed by atoms with Crippen LogP contribution in [0, 0.1) is 17.7 Å².